The van der Waals surface area contributed by atoms with E-state index in [2.05, 4.69) is 20.3 Å². The van der Waals surface area contributed by atoms with Gasteiger partial charge in [0.05, 0.1) is 28.8 Å². The van der Waals surface area contributed by atoms with Crippen molar-refractivity contribution in [2.24, 2.45) is 0 Å². The van der Waals surface area contributed by atoms with Gasteiger partial charge in [0.25, 0.3) is 5.91 Å². The summed E-state index contributed by atoms with van der Waals surface area (Å²) < 4.78 is 0. The number of fused-ring (bicyclic) bond motifs is 2. The smallest absolute Gasteiger partial charge is 0.252 e. The Kier molecular flexibility index (Phi) is 3.59. The number of aromatic nitrogens is 3. The Morgan fingerprint density at radius 2 is 1.88 bits per heavy atom. The van der Waals surface area contributed by atoms with E-state index < -0.39 is 0 Å². The first kappa shape index (κ1) is 14.3. The average Bonchev–Trinajstić information content (AvgIpc) is 2.65. The molecule has 0 saturated heterocycles. The molecule has 4 rings (SSSR count). The van der Waals surface area contributed by atoms with Gasteiger partial charge in [0.1, 0.15) is 0 Å². The summed E-state index contributed by atoms with van der Waals surface area (Å²) in [7, 11) is 0. The first-order valence-corrected chi connectivity index (χ1v) is 7.63. The van der Waals surface area contributed by atoms with Crippen LogP contribution in [0.2, 0.25) is 0 Å². The van der Waals surface area contributed by atoms with Gasteiger partial charge < -0.3 is 5.32 Å². The van der Waals surface area contributed by atoms with Crippen molar-refractivity contribution in [2.75, 3.05) is 0 Å². The molecule has 0 aliphatic carbocycles. The molecule has 0 spiro atoms. The van der Waals surface area contributed by atoms with Crippen LogP contribution in [0, 0.1) is 0 Å². The van der Waals surface area contributed by atoms with Crippen LogP contribution in [0.1, 0.15) is 16.1 Å². The van der Waals surface area contributed by atoms with Crippen LogP contribution in [0.5, 0.6) is 0 Å². The van der Waals surface area contributed by atoms with Gasteiger partial charge in [-0.1, -0.05) is 24.3 Å². The van der Waals surface area contributed by atoms with Crippen molar-refractivity contribution in [3.8, 4) is 0 Å². The van der Waals surface area contributed by atoms with Gasteiger partial charge in [-0.3, -0.25) is 19.7 Å². The third-order valence-corrected chi connectivity index (χ3v) is 3.87. The predicted molar refractivity (Wildman–Crippen MR) is 92.5 cm³/mol. The van der Waals surface area contributed by atoms with E-state index in [9.17, 15) is 4.79 Å². The van der Waals surface area contributed by atoms with Crippen LogP contribution in [0.15, 0.2) is 67.1 Å². The molecule has 0 saturated carbocycles. The monoisotopic (exact) mass is 314 g/mol. The van der Waals surface area contributed by atoms with Crippen LogP contribution in [-0.2, 0) is 6.54 Å². The molecule has 1 N–H and O–H groups in total. The number of nitrogens with zero attached hydrogens (tertiary/aromatic N) is 3. The van der Waals surface area contributed by atoms with Crippen LogP contribution in [0.4, 0.5) is 0 Å². The standard InChI is InChI=1S/C19H14N4O/c24-19(15-7-10-21-18-8-9-20-12-16(15)18)22-11-14-6-5-13-3-1-2-4-17(13)23-14/h1-10,12H,11H2,(H,22,24). The first-order valence-electron chi connectivity index (χ1n) is 7.63. The fourth-order valence-corrected chi connectivity index (χ4v) is 2.66. The lowest BCUT2D eigenvalue weighted by Gasteiger charge is -2.08. The predicted octanol–water partition coefficient (Wildman–Crippen LogP) is 3.11. The molecule has 0 unspecified atom stereocenters. The highest BCUT2D eigenvalue weighted by atomic mass is 16.1. The van der Waals surface area contributed by atoms with E-state index in [1.54, 1.807) is 30.7 Å². The summed E-state index contributed by atoms with van der Waals surface area (Å²) in [5.41, 5.74) is 3.05. The molecule has 3 aromatic heterocycles. The van der Waals surface area contributed by atoms with Crippen LogP contribution >= 0.6 is 0 Å². The summed E-state index contributed by atoms with van der Waals surface area (Å²) in [5, 5.41) is 4.74. The van der Waals surface area contributed by atoms with E-state index >= 15 is 0 Å². The van der Waals surface area contributed by atoms with E-state index in [4.69, 9.17) is 0 Å². The van der Waals surface area contributed by atoms with Gasteiger partial charge in [0, 0.05) is 29.4 Å². The molecule has 5 heteroatoms. The van der Waals surface area contributed by atoms with Crippen LogP contribution in [-0.4, -0.2) is 20.9 Å². The Morgan fingerprint density at radius 3 is 2.83 bits per heavy atom. The highest BCUT2D eigenvalue weighted by molar-refractivity contribution is 6.05. The number of nitrogens with one attached hydrogen (secondary N) is 1. The minimum absolute atomic E-state index is 0.162. The lowest BCUT2D eigenvalue weighted by molar-refractivity contribution is 0.0952. The molecule has 4 aromatic rings. The Morgan fingerprint density at radius 1 is 0.958 bits per heavy atom. The molecular formula is C19H14N4O. The lowest BCUT2D eigenvalue weighted by Crippen LogP contribution is -2.23. The van der Waals surface area contributed by atoms with Gasteiger partial charge in [-0.2, -0.15) is 0 Å². The molecule has 3 heterocycles. The number of benzene rings is 1. The molecule has 116 valence electrons. The molecule has 24 heavy (non-hydrogen) atoms. The Hall–Kier alpha value is -3.34. The zero-order chi connectivity index (χ0) is 16.4. The van der Waals surface area contributed by atoms with Crippen molar-refractivity contribution in [3.63, 3.8) is 0 Å². The van der Waals surface area contributed by atoms with Gasteiger partial charge in [-0.05, 0) is 24.3 Å². The molecule has 0 fully saturated rings. The molecule has 0 aliphatic heterocycles. The molecule has 5 nitrogen and oxygen atoms in total. The summed E-state index contributed by atoms with van der Waals surface area (Å²) in [6.07, 6.45) is 4.95. The quantitative estimate of drug-likeness (QED) is 0.631. The van der Waals surface area contributed by atoms with E-state index in [1.807, 2.05) is 36.4 Å². The molecule has 0 radical (unpaired) electrons. The normalized spacial score (nSPS) is 10.8. The van der Waals surface area contributed by atoms with Gasteiger partial charge >= 0.3 is 0 Å². The summed E-state index contributed by atoms with van der Waals surface area (Å²) in [5.74, 6) is -0.162. The van der Waals surface area contributed by atoms with Crippen molar-refractivity contribution in [2.45, 2.75) is 6.54 Å². The minimum Gasteiger partial charge on any atom is -0.346 e. The number of hydrogen-bond acceptors (Lipinski definition) is 4. The number of hydrogen-bond donors (Lipinski definition) is 1. The Balaban J connectivity index is 1.57. The minimum atomic E-state index is -0.162. The van der Waals surface area contributed by atoms with Crippen LogP contribution < -0.4 is 5.32 Å². The van der Waals surface area contributed by atoms with E-state index in [1.165, 1.54) is 0 Å². The Bertz CT molecular complexity index is 1040. The summed E-state index contributed by atoms with van der Waals surface area (Å²) in [4.78, 5) is 25.4. The summed E-state index contributed by atoms with van der Waals surface area (Å²) >= 11 is 0. The fraction of sp³-hybridized carbons (Fsp3) is 0.0526. The van der Waals surface area contributed by atoms with Gasteiger partial charge in [0.15, 0.2) is 0 Å². The molecule has 0 bridgehead atoms. The number of carbonyl (C=O) groups is 1. The number of para-hydroxylation sites is 1. The number of rotatable bonds is 3. The first-order chi connectivity index (χ1) is 11.8. The Labute approximate surface area is 138 Å². The number of pyridine rings is 3. The second-order valence-corrected chi connectivity index (χ2v) is 5.43. The average molecular weight is 314 g/mol. The number of carbonyl (C=O) groups excluding carboxylic acids is 1. The molecule has 1 amide bonds. The largest absolute Gasteiger partial charge is 0.346 e. The second-order valence-electron chi connectivity index (χ2n) is 5.43. The van der Waals surface area contributed by atoms with Crippen LogP contribution in [0.3, 0.4) is 0 Å². The maximum atomic E-state index is 12.5. The lowest BCUT2D eigenvalue weighted by atomic mass is 10.1. The number of amides is 1. The third-order valence-electron chi connectivity index (χ3n) is 3.87. The topological polar surface area (TPSA) is 67.8 Å². The molecule has 0 atom stereocenters. The van der Waals surface area contributed by atoms with Crippen molar-refractivity contribution >= 4 is 27.7 Å². The molecule has 1 aromatic carbocycles. The van der Waals surface area contributed by atoms with Crippen molar-refractivity contribution in [1.29, 1.82) is 0 Å². The van der Waals surface area contributed by atoms with Crippen LogP contribution in [0.25, 0.3) is 21.8 Å². The summed E-state index contributed by atoms with van der Waals surface area (Å²) in [6, 6.07) is 15.3. The van der Waals surface area contributed by atoms with Crippen molar-refractivity contribution in [3.05, 3.63) is 78.4 Å². The highest BCUT2D eigenvalue weighted by Crippen LogP contribution is 2.15. The SMILES string of the molecule is O=C(NCc1ccc2ccccc2n1)c1ccnc2ccncc12. The highest BCUT2D eigenvalue weighted by Gasteiger charge is 2.10. The van der Waals surface area contributed by atoms with Gasteiger partial charge in [-0.25, -0.2) is 0 Å². The molecular weight excluding hydrogens is 300 g/mol. The second kappa shape index (κ2) is 6.04. The maximum Gasteiger partial charge on any atom is 0.252 e. The zero-order valence-electron chi connectivity index (χ0n) is 12.8. The van der Waals surface area contributed by atoms with Crippen molar-refractivity contribution in [1.82, 2.24) is 20.3 Å². The summed E-state index contributed by atoms with van der Waals surface area (Å²) in [6.45, 7) is 0.369. The van der Waals surface area contributed by atoms with E-state index in [0.717, 1.165) is 27.5 Å². The van der Waals surface area contributed by atoms with E-state index in [-0.39, 0.29) is 5.91 Å². The third kappa shape index (κ3) is 2.67. The zero-order valence-corrected chi connectivity index (χ0v) is 12.8. The van der Waals surface area contributed by atoms with Gasteiger partial charge in [0.2, 0.25) is 0 Å². The van der Waals surface area contributed by atoms with Crippen molar-refractivity contribution < 1.29 is 4.79 Å². The maximum absolute atomic E-state index is 12.5. The van der Waals surface area contributed by atoms with Gasteiger partial charge in [-0.15, -0.1) is 0 Å². The molecule has 0 aliphatic rings. The van der Waals surface area contributed by atoms with E-state index in [0.29, 0.717) is 12.1 Å². The fourth-order valence-electron chi connectivity index (χ4n) is 2.66.